The summed E-state index contributed by atoms with van der Waals surface area (Å²) in [7, 11) is 0. The van der Waals surface area contributed by atoms with Crippen LogP contribution in [0.5, 0.6) is 0 Å². The Kier molecular flexibility index (Phi) is 4.52. The average Bonchev–Trinajstić information content (AvgIpc) is 2.30. The predicted molar refractivity (Wildman–Crippen MR) is 74.9 cm³/mol. The lowest BCUT2D eigenvalue weighted by Crippen LogP contribution is -2.35. The third kappa shape index (κ3) is 3.71. The van der Waals surface area contributed by atoms with Gasteiger partial charge in [-0.05, 0) is 55.4 Å². The van der Waals surface area contributed by atoms with Crippen molar-refractivity contribution in [2.24, 2.45) is 28.9 Å². The van der Waals surface area contributed by atoms with Crippen molar-refractivity contribution in [1.82, 2.24) is 0 Å². The zero-order valence-corrected chi connectivity index (χ0v) is 11.9. The van der Waals surface area contributed by atoms with Crippen molar-refractivity contribution in [2.75, 3.05) is 6.54 Å². The van der Waals surface area contributed by atoms with Gasteiger partial charge < -0.3 is 5.73 Å². The standard InChI is InChI=1S/C16H31N/c1-16(2)9-8-14(12-17)15(11-16)10-13-6-4-3-5-7-13/h13-15H,3-12,17H2,1-2H3. The predicted octanol–water partition coefficient (Wildman–Crippen LogP) is 4.36. The molecule has 0 aliphatic heterocycles. The molecule has 0 spiro atoms. The van der Waals surface area contributed by atoms with E-state index in [1.165, 1.54) is 57.8 Å². The van der Waals surface area contributed by atoms with Gasteiger partial charge in [0.2, 0.25) is 0 Å². The molecule has 2 atom stereocenters. The summed E-state index contributed by atoms with van der Waals surface area (Å²) in [4.78, 5) is 0. The van der Waals surface area contributed by atoms with E-state index in [9.17, 15) is 0 Å². The molecule has 2 aliphatic rings. The molecule has 0 bridgehead atoms. The molecule has 0 heterocycles. The molecule has 2 rings (SSSR count). The van der Waals surface area contributed by atoms with Crippen molar-refractivity contribution < 1.29 is 0 Å². The Labute approximate surface area is 108 Å². The van der Waals surface area contributed by atoms with Crippen LogP contribution in [-0.2, 0) is 0 Å². The minimum atomic E-state index is 0.574. The normalized spacial score (nSPS) is 34.8. The van der Waals surface area contributed by atoms with Gasteiger partial charge >= 0.3 is 0 Å². The van der Waals surface area contributed by atoms with Gasteiger partial charge in [0.25, 0.3) is 0 Å². The Hall–Kier alpha value is -0.0400. The topological polar surface area (TPSA) is 26.0 Å². The van der Waals surface area contributed by atoms with Crippen LogP contribution in [0.3, 0.4) is 0 Å². The minimum Gasteiger partial charge on any atom is -0.330 e. The lowest BCUT2D eigenvalue weighted by atomic mass is 9.64. The van der Waals surface area contributed by atoms with Crippen LogP contribution in [0.1, 0.15) is 71.6 Å². The van der Waals surface area contributed by atoms with Gasteiger partial charge in [-0.2, -0.15) is 0 Å². The average molecular weight is 237 g/mol. The van der Waals surface area contributed by atoms with E-state index < -0.39 is 0 Å². The molecule has 1 nitrogen and oxygen atoms in total. The van der Waals surface area contributed by atoms with E-state index in [2.05, 4.69) is 13.8 Å². The molecular weight excluding hydrogens is 206 g/mol. The van der Waals surface area contributed by atoms with Crippen LogP contribution in [0.4, 0.5) is 0 Å². The van der Waals surface area contributed by atoms with Crippen LogP contribution < -0.4 is 5.73 Å². The fraction of sp³-hybridized carbons (Fsp3) is 1.00. The molecule has 0 aromatic heterocycles. The van der Waals surface area contributed by atoms with Gasteiger partial charge in [-0.1, -0.05) is 46.0 Å². The summed E-state index contributed by atoms with van der Waals surface area (Å²) in [6.07, 6.45) is 13.1. The molecule has 0 amide bonds. The van der Waals surface area contributed by atoms with Crippen LogP contribution in [0.2, 0.25) is 0 Å². The molecular formula is C16H31N. The molecule has 0 radical (unpaired) electrons. The van der Waals surface area contributed by atoms with Gasteiger partial charge in [0, 0.05) is 0 Å². The molecule has 17 heavy (non-hydrogen) atoms. The van der Waals surface area contributed by atoms with Crippen molar-refractivity contribution in [3.63, 3.8) is 0 Å². The molecule has 2 saturated carbocycles. The molecule has 0 aromatic rings. The lowest BCUT2D eigenvalue weighted by molar-refractivity contribution is 0.0953. The first-order valence-corrected chi connectivity index (χ1v) is 7.81. The molecule has 2 unspecified atom stereocenters. The van der Waals surface area contributed by atoms with E-state index in [0.29, 0.717) is 5.41 Å². The van der Waals surface area contributed by atoms with Crippen LogP contribution in [-0.4, -0.2) is 6.54 Å². The zero-order chi connectivity index (χ0) is 12.3. The van der Waals surface area contributed by atoms with Crippen molar-refractivity contribution in [1.29, 1.82) is 0 Å². The number of rotatable bonds is 3. The Morgan fingerprint density at radius 2 is 1.71 bits per heavy atom. The first-order chi connectivity index (χ1) is 8.11. The fourth-order valence-electron chi connectivity index (χ4n) is 4.23. The Bertz CT molecular complexity index is 228. The Morgan fingerprint density at radius 1 is 1.00 bits per heavy atom. The van der Waals surface area contributed by atoms with E-state index in [4.69, 9.17) is 5.73 Å². The Morgan fingerprint density at radius 3 is 2.35 bits per heavy atom. The van der Waals surface area contributed by atoms with Crippen LogP contribution in [0.25, 0.3) is 0 Å². The summed E-state index contributed by atoms with van der Waals surface area (Å²) in [5.41, 5.74) is 6.56. The first-order valence-electron chi connectivity index (χ1n) is 7.81. The van der Waals surface area contributed by atoms with Crippen LogP contribution in [0, 0.1) is 23.2 Å². The van der Waals surface area contributed by atoms with Gasteiger partial charge in [-0.15, -0.1) is 0 Å². The van der Waals surface area contributed by atoms with E-state index in [1.807, 2.05) is 0 Å². The van der Waals surface area contributed by atoms with Crippen molar-refractivity contribution >= 4 is 0 Å². The molecule has 1 heteroatoms. The molecule has 0 aromatic carbocycles. The fourth-order valence-corrected chi connectivity index (χ4v) is 4.23. The maximum Gasteiger partial charge on any atom is -0.00462 e. The monoisotopic (exact) mass is 237 g/mol. The molecule has 2 N–H and O–H groups in total. The minimum absolute atomic E-state index is 0.574. The summed E-state index contributed by atoms with van der Waals surface area (Å²) in [5, 5.41) is 0. The highest BCUT2D eigenvalue weighted by atomic mass is 14.6. The van der Waals surface area contributed by atoms with Gasteiger partial charge in [-0.3, -0.25) is 0 Å². The zero-order valence-electron chi connectivity index (χ0n) is 11.9. The van der Waals surface area contributed by atoms with Crippen LogP contribution >= 0.6 is 0 Å². The largest absolute Gasteiger partial charge is 0.330 e. The Balaban J connectivity index is 1.90. The van der Waals surface area contributed by atoms with E-state index in [1.54, 1.807) is 0 Å². The summed E-state index contributed by atoms with van der Waals surface area (Å²) < 4.78 is 0. The van der Waals surface area contributed by atoms with E-state index in [0.717, 1.165) is 24.3 Å². The molecule has 100 valence electrons. The van der Waals surface area contributed by atoms with E-state index in [-0.39, 0.29) is 0 Å². The van der Waals surface area contributed by atoms with Crippen molar-refractivity contribution in [2.45, 2.75) is 71.6 Å². The number of hydrogen-bond donors (Lipinski definition) is 1. The summed E-state index contributed by atoms with van der Waals surface area (Å²) >= 11 is 0. The second-order valence-electron chi connectivity index (χ2n) is 7.40. The lowest BCUT2D eigenvalue weighted by Gasteiger charge is -2.42. The number of nitrogens with two attached hydrogens (primary N) is 1. The van der Waals surface area contributed by atoms with Gasteiger partial charge in [0.15, 0.2) is 0 Å². The molecule has 0 saturated heterocycles. The highest BCUT2D eigenvalue weighted by molar-refractivity contribution is 4.87. The van der Waals surface area contributed by atoms with Gasteiger partial charge in [0.1, 0.15) is 0 Å². The molecule has 2 fully saturated rings. The highest BCUT2D eigenvalue weighted by Crippen LogP contribution is 2.45. The van der Waals surface area contributed by atoms with Crippen LogP contribution in [0.15, 0.2) is 0 Å². The second kappa shape index (κ2) is 5.73. The highest BCUT2D eigenvalue weighted by Gasteiger charge is 2.35. The maximum absolute atomic E-state index is 5.99. The second-order valence-corrected chi connectivity index (χ2v) is 7.40. The summed E-state index contributed by atoms with van der Waals surface area (Å²) in [6.45, 7) is 5.83. The summed E-state index contributed by atoms with van der Waals surface area (Å²) in [5.74, 6) is 2.77. The van der Waals surface area contributed by atoms with Gasteiger partial charge in [-0.25, -0.2) is 0 Å². The van der Waals surface area contributed by atoms with E-state index >= 15 is 0 Å². The number of hydrogen-bond acceptors (Lipinski definition) is 1. The smallest absolute Gasteiger partial charge is 0.00462 e. The van der Waals surface area contributed by atoms with Crippen molar-refractivity contribution in [3.05, 3.63) is 0 Å². The maximum atomic E-state index is 5.99. The SMILES string of the molecule is CC1(C)CCC(CN)C(CC2CCCCC2)C1. The van der Waals surface area contributed by atoms with Crippen molar-refractivity contribution in [3.8, 4) is 0 Å². The third-order valence-corrected chi connectivity index (χ3v) is 5.34. The molecule has 2 aliphatic carbocycles. The van der Waals surface area contributed by atoms with Gasteiger partial charge in [0.05, 0.1) is 0 Å². The third-order valence-electron chi connectivity index (χ3n) is 5.34. The quantitative estimate of drug-likeness (QED) is 0.775. The summed E-state index contributed by atoms with van der Waals surface area (Å²) in [6, 6.07) is 0. The first kappa shape index (κ1) is 13.4.